The molecule has 1 amide bonds. The third kappa shape index (κ3) is 3.90. The fourth-order valence-corrected chi connectivity index (χ4v) is 1.44. The predicted octanol–water partition coefficient (Wildman–Crippen LogP) is 0.485. The number of ether oxygens (including phenoxy) is 2. The third-order valence-corrected chi connectivity index (χ3v) is 2.17. The van der Waals surface area contributed by atoms with Crippen molar-refractivity contribution in [3.8, 4) is 0 Å². The molecule has 6 nitrogen and oxygen atoms in total. The van der Waals surface area contributed by atoms with Crippen LogP contribution in [0.4, 0.5) is 4.79 Å². The first-order valence-electron chi connectivity index (χ1n) is 4.99. The first kappa shape index (κ1) is 12.5. The second-order valence-corrected chi connectivity index (χ2v) is 3.43. The molecule has 16 heavy (non-hydrogen) atoms. The molecular formula is C10H15NO5. The standard InChI is InChI=1S/C10H15NO5/c1-2-5-15-10(14)11-4-3-8(6-11)16-7-9(12)13/h2,8H,1,3-7H2,(H,12,13)/t8-/m0/s1. The summed E-state index contributed by atoms with van der Waals surface area (Å²) < 4.78 is 9.93. The van der Waals surface area contributed by atoms with Crippen molar-refractivity contribution in [2.75, 3.05) is 26.3 Å². The summed E-state index contributed by atoms with van der Waals surface area (Å²) in [5.41, 5.74) is 0. The number of carbonyl (C=O) groups is 2. The van der Waals surface area contributed by atoms with Crippen LogP contribution in [0.2, 0.25) is 0 Å². The average Bonchev–Trinajstić information content (AvgIpc) is 2.71. The van der Waals surface area contributed by atoms with E-state index < -0.39 is 12.1 Å². The molecule has 0 bridgehead atoms. The topological polar surface area (TPSA) is 76.1 Å². The van der Waals surface area contributed by atoms with Crippen molar-refractivity contribution in [3.05, 3.63) is 12.7 Å². The van der Waals surface area contributed by atoms with Crippen molar-refractivity contribution in [2.45, 2.75) is 12.5 Å². The van der Waals surface area contributed by atoms with Crippen LogP contribution in [0.5, 0.6) is 0 Å². The molecule has 0 aromatic carbocycles. The summed E-state index contributed by atoms with van der Waals surface area (Å²) in [4.78, 5) is 23.1. The van der Waals surface area contributed by atoms with Crippen LogP contribution in [0.15, 0.2) is 12.7 Å². The van der Waals surface area contributed by atoms with Crippen LogP contribution in [-0.2, 0) is 14.3 Å². The lowest BCUT2D eigenvalue weighted by atomic mass is 10.3. The van der Waals surface area contributed by atoms with Crippen LogP contribution < -0.4 is 0 Å². The van der Waals surface area contributed by atoms with Crippen molar-refractivity contribution in [2.24, 2.45) is 0 Å². The van der Waals surface area contributed by atoms with Gasteiger partial charge in [0, 0.05) is 6.54 Å². The van der Waals surface area contributed by atoms with Gasteiger partial charge >= 0.3 is 12.1 Å². The Hall–Kier alpha value is -1.56. The summed E-state index contributed by atoms with van der Waals surface area (Å²) in [6.45, 7) is 4.19. The van der Waals surface area contributed by atoms with E-state index in [0.29, 0.717) is 19.5 Å². The van der Waals surface area contributed by atoms with Crippen molar-refractivity contribution in [3.63, 3.8) is 0 Å². The SMILES string of the molecule is C=CCOC(=O)N1CC[C@H](OCC(=O)O)C1. The zero-order valence-electron chi connectivity index (χ0n) is 8.92. The van der Waals surface area contributed by atoms with Crippen molar-refractivity contribution >= 4 is 12.1 Å². The van der Waals surface area contributed by atoms with E-state index in [0.717, 1.165) is 0 Å². The minimum Gasteiger partial charge on any atom is -0.480 e. The highest BCUT2D eigenvalue weighted by Crippen LogP contribution is 2.13. The summed E-state index contributed by atoms with van der Waals surface area (Å²) in [6, 6.07) is 0. The molecule has 90 valence electrons. The van der Waals surface area contributed by atoms with E-state index in [2.05, 4.69) is 6.58 Å². The average molecular weight is 229 g/mol. The Morgan fingerprint density at radius 2 is 2.31 bits per heavy atom. The molecule has 0 spiro atoms. The molecule has 0 radical (unpaired) electrons. The van der Waals surface area contributed by atoms with Crippen LogP contribution in [0.3, 0.4) is 0 Å². The zero-order valence-corrected chi connectivity index (χ0v) is 8.92. The monoisotopic (exact) mass is 229 g/mol. The molecule has 0 aromatic heterocycles. The molecular weight excluding hydrogens is 214 g/mol. The number of hydrogen-bond acceptors (Lipinski definition) is 4. The molecule has 0 aromatic rings. The van der Waals surface area contributed by atoms with Crippen LogP contribution in [0, 0.1) is 0 Å². The van der Waals surface area contributed by atoms with Gasteiger partial charge in [0.1, 0.15) is 13.2 Å². The van der Waals surface area contributed by atoms with Gasteiger partial charge in [-0.15, -0.1) is 0 Å². The molecule has 1 atom stereocenters. The van der Waals surface area contributed by atoms with E-state index in [9.17, 15) is 9.59 Å². The molecule has 1 fully saturated rings. The summed E-state index contributed by atoms with van der Waals surface area (Å²) in [5, 5.41) is 8.42. The molecule has 6 heteroatoms. The van der Waals surface area contributed by atoms with Gasteiger partial charge in [-0.25, -0.2) is 9.59 Å². The fraction of sp³-hybridized carbons (Fsp3) is 0.600. The first-order chi connectivity index (χ1) is 7.63. The van der Waals surface area contributed by atoms with E-state index in [-0.39, 0.29) is 19.3 Å². The van der Waals surface area contributed by atoms with Gasteiger partial charge in [0.25, 0.3) is 0 Å². The van der Waals surface area contributed by atoms with E-state index >= 15 is 0 Å². The fourth-order valence-electron chi connectivity index (χ4n) is 1.44. The Morgan fingerprint density at radius 1 is 1.56 bits per heavy atom. The molecule has 0 aliphatic carbocycles. The summed E-state index contributed by atoms with van der Waals surface area (Å²) in [7, 11) is 0. The summed E-state index contributed by atoms with van der Waals surface area (Å²) in [5.74, 6) is -1.01. The highest BCUT2D eigenvalue weighted by molar-refractivity contribution is 5.68. The lowest BCUT2D eigenvalue weighted by Crippen LogP contribution is -2.31. The van der Waals surface area contributed by atoms with Crippen molar-refractivity contribution in [1.82, 2.24) is 4.90 Å². The number of carboxylic acids is 1. The Kier molecular flexibility index (Phi) is 4.78. The van der Waals surface area contributed by atoms with Crippen LogP contribution in [0.25, 0.3) is 0 Å². The van der Waals surface area contributed by atoms with E-state index in [1.165, 1.54) is 11.0 Å². The molecule has 1 aliphatic heterocycles. The lowest BCUT2D eigenvalue weighted by molar-refractivity contribution is -0.144. The molecule has 0 saturated carbocycles. The van der Waals surface area contributed by atoms with Gasteiger partial charge in [0.15, 0.2) is 0 Å². The number of hydrogen-bond donors (Lipinski definition) is 1. The predicted molar refractivity (Wildman–Crippen MR) is 55.1 cm³/mol. The van der Waals surface area contributed by atoms with Crippen molar-refractivity contribution in [1.29, 1.82) is 0 Å². The number of rotatable bonds is 5. The minimum atomic E-state index is -1.01. The van der Waals surface area contributed by atoms with E-state index in [4.69, 9.17) is 14.6 Å². The Balaban J connectivity index is 2.26. The van der Waals surface area contributed by atoms with Crippen LogP contribution in [-0.4, -0.2) is 54.5 Å². The zero-order chi connectivity index (χ0) is 12.0. The molecule has 1 N–H and O–H groups in total. The number of nitrogens with zero attached hydrogens (tertiary/aromatic N) is 1. The second kappa shape index (κ2) is 6.12. The highest BCUT2D eigenvalue weighted by Gasteiger charge is 2.27. The van der Waals surface area contributed by atoms with E-state index in [1.807, 2.05) is 0 Å². The smallest absolute Gasteiger partial charge is 0.410 e. The Bertz CT molecular complexity index is 278. The van der Waals surface area contributed by atoms with Crippen LogP contribution in [0.1, 0.15) is 6.42 Å². The number of carbonyl (C=O) groups excluding carboxylic acids is 1. The Morgan fingerprint density at radius 3 is 2.94 bits per heavy atom. The quantitative estimate of drug-likeness (QED) is 0.694. The lowest BCUT2D eigenvalue weighted by Gasteiger charge is -2.15. The molecule has 0 unspecified atom stereocenters. The van der Waals surface area contributed by atoms with Gasteiger partial charge in [0.2, 0.25) is 0 Å². The number of likely N-dealkylation sites (tertiary alicyclic amines) is 1. The third-order valence-electron chi connectivity index (χ3n) is 2.17. The maximum atomic E-state index is 11.4. The van der Waals surface area contributed by atoms with Crippen molar-refractivity contribution < 1.29 is 24.2 Å². The summed E-state index contributed by atoms with van der Waals surface area (Å²) >= 11 is 0. The largest absolute Gasteiger partial charge is 0.480 e. The normalized spacial score (nSPS) is 19.5. The van der Waals surface area contributed by atoms with Crippen LogP contribution >= 0.6 is 0 Å². The van der Waals surface area contributed by atoms with Gasteiger partial charge in [-0.1, -0.05) is 12.7 Å². The first-order valence-corrected chi connectivity index (χ1v) is 4.99. The van der Waals surface area contributed by atoms with E-state index in [1.54, 1.807) is 0 Å². The van der Waals surface area contributed by atoms with Gasteiger partial charge in [-0.05, 0) is 6.42 Å². The maximum absolute atomic E-state index is 11.4. The Labute approximate surface area is 93.4 Å². The van der Waals surface area contributed by atoms with Gasteiger partial charge < -0.3 is 19.5 Å². The molecule has 1 rings (SSSR count). The minimum absolute atomic E-state index is 0.177. The molecule has 1 aliphatic rings. The number of carboxylic acid groups (broad SMARTS) is 1. The van der Waals surface area contributed by atoms with Gasteiger partial charge in [-0.2, -0.15) is 0 Å². The molecule has 1 saturated heterocycles. The molecule has 1 heterocycles. The highest BCUT2D eigenvalue weighted by atomic mass is 16.6. The summed E-state index contributed by atoms with van der Waals surface area (Å²) in [6.07, 6.45) is 1.50. The van der Waals surface area contributed by atoms with Gasteiger partial charge in [-0.3, -0.25) is 0 Å². The second-order valence-electron chi connectivity index (χ2n) is 3.43. The number of aliphatic carboxylic acids is 1. The maximum Gasteiger partial charge on any atom is 0.410 e. The van der Waals surface area contributed by atoms with Gasteiger partial charge in [0.05, 0.1) is 12.6 Å². The number of amides is 1.